The summed E-state index contributed by atoms with van der Waals surface area (Å²) in [5.41, 5.74) is 1.93. The average molecular weight is 342 g/mol. The molecule has 0 unspecified atom stereocenters. The van der Waals surface area contributed by atoms with Crippen LogP contribution in [-0.2, 0) is 13.2 Å². The van der Waals surface area contributed by atoms with Gasteiger partial charge in [0.05, 0.1) is 13.7 Å². The van der Waals surface area contributed by atoms with Crippen molar-refractivity contribution in [2.75, 3.05) is 20.3 Å². The molecule has 0 amide bonds. The minimum Gasteiger partial charge on any atom is -0.493 e. The number of ether oxygens (including phenoxy) is 2. The lowest BCUT2D eigenvalue weighted by atomic mass is 10.2. The maximum Gasteiger partial charge on any atom is 0.161 e. The van der Waals surface area contributed by atoms with Crippen LogP contribution in [0, 0.1) is 5.82 Å². The Bertz CT molecular complexity index is 593. The predicted molar refractivity (Wildman–Crippen MR) is 89.8 cm³/mol. The van der Waals surface area contributed by atoms with E-state index in [2.05, 4.69) is 5.32 Å². The standard InChI is InChI=1S/C17H20FNO3.ClH/c1-21-17-10-14(11-19-8-9-20)4-7-16(17)22-12-13-2-5-15(18)6-3-13;/h2-7,10,19-20H,8-9,11-12H2,1H3;1H. The summed E-state index contributed by atoms with van der Waals surface area (Å²) in [5, 5.41) is 11.9. The third-order valence-electron chi connectivity index (χ3n) is 3.15. The molecule has 2 N–H and O–H groups in total. The van der Waals surface area contributed by atoms with Crippen molar-refractivity contribution in [2.24, 2.45) is 0 Å². The monoisotopic (exact) mass is 341 g/mol. The van der Waals surface area contributed by atoms with Gasteiger partial charge in [-0.05, 0) is 35.4 Å². The molecule has 0 aliphatic rings. The molecule has 0 saturated carbocycles. The molecule has 0 heterocycles. The highest BCUT2D eigenvalue weighted by molar-refractivity contribution is 5.85. The van der Waals surface area contributed by atoms with Gasteiger partial charge < -0.3 is 19.9 Å². The Labute approximate surface area is 141 Å². The molecule has 0 spiro atoms. The van der Waals surface area contributed by atoms with E-state index in [0.717, 1.165) is 11.1 Å². The molecule has 6 heteroatoms. The van der Waals surface area contributed by atoms with Gasteiger partial charge in [-0.2, -0.15) is 0 Å². The van der Waals surface area contributed by atoms with E-state index in [1.165, 1.54) is 12.1 Å². The van der Waals surface area contributed by atoms with Crippen molar-refractivity contribution in [2.45, 2.75) is 13.2 Å². The number of halogens is 2. The molecule has 0 fully saturated rings. The third kappa shape index (κ3) is 6.06. The lowest BCUT2D eigenvalue weighted by molar-refractivity contribution is 0.283. The first-order valence-corrected chi connectivity index (χ1v) is 7.08. The Kier molecular flexibility index (Phi) is 8.40. The highest BCUT2D eigenvalue weighted by Crippen LogP contribution is 2.28. The Balaban J connectivity index is 0.00000264. The van der Waals surface area contributed by atoms with E-state index in [1.54, 1.807) is 19.2 Å². The van der Waals surface area contributed by atoms with Crippen LogP contribution in [0.3, 0.4) is 0 Å². The van der Waals surface area contributed by atoms with Crippen LogP contribution < -0.4 is 14.8 Å². The fourth-order valence-electron chi connectivity index (χ4n) is 1.99. The number of aliphatic hydroxyl groups excluding tert-OH is 1. The molecular weight excluding hydrogens is 321 g/mol. The van der Waals surface area contributed by atoms with Crippen LogP contribution in [0.1, 0.15) is 11.1 Å². The summed E-state index contributed by atoms with van der Waals surface area (Å²) in [6.45, 7) is 1.65. The highest BCUT2D eigenvalue weighted by Gasteiger charge is 2.06. The zero-order valence-electron chi connectivity index (χ0n) is 12.9. The summed E-state index contributed by atoms with van der Waals surface area (Å²) in [6.07, 6.45) is 0. The molecule has 2 aromatic carbocycles. The molecule has 0 radical (unpaired) electrons. The number of nitrogens with one attached hydrogen (secondary N) is 1. The molecule has 23 heavy (non-hydrogen) atoms. The Hall–Kier alpha value is -1.82. The second kappa shape index (κ2) is 10.0. The maximum atomic E-state index is 12.9. The summed E-state index contributed by atoms with van der Waals surface area (Å²) in [6, 6.07) is 11.9. The lowest BCUT2D eigenvalue weighted by Gasteiger charge is -2.12. The van der Waals surface area contributed by atoms with Gasteiger partial charge in [0.15, 0.2) is 11.5 Å². The van der Waals surface area contributed by atoms with Gasteiger partial charge in [-0.3, -0.25) is 0 Å². The maximum absolute atomic E-state index is 12.9. The fraction of sp³-hybridized carbons (Fsp3) is 0.294. The van der Waals surface area contributed by atoms with Gasteiger partial charge in [-0.25, -0.2) is 4.39 Å². The topological polar surface area (TPSA) is 50.7 Å². The van der Waals surface area contributed by atoms with Crippen LogP contribution in [0.4, 0.5) is 4.39 Å². The normalized spacial score (nSPS) is 10.0. The van der Waals surface area contributed by atoms with Gasteiger partial charge >= 0.3 is 0 Å². The van der Waals surface area contributed by atoms with Gasteiger partial charge in [0.2, 0.25) is 0 Å². The molecule has 4 nitrogen and oxygen atoms in total. The van der Waals surface area contributed by atoms with Gasteiger partial charge in [0.25, 0.3) is 0 Å². The van der Waals surface area contributed by atoms with Crippen LogP contribution >= 0.6 is 12.4 Å². The molecule has 0 aliphatic carbocycles. The van der Waals surface area contributed by atoms with E-state index >= 15 is 0 Å². The van der Waals surface area contributed by atoms with Crippen molar-refractivity contribution in [1.29, 1.82) is 0 Å². The molecule has 0 aliphatic heterocycles. The van der Waals surface area contributed by atoms with Crippen molar-refractivity contribution in [1.82, 2.24) is 5.32 Å². The van der Waals surface area contributed by atoms with Gasteiger partial charge in [-0.1, -0.05) is 18.2 Å². The van der Waals surface area contributed by atoms with Crippen molar-refractivity contribution in [3.63, 3.8) is 0 Å². The van der Waals surface area contributed by atoms with Crippen molar-refractivity contribution >= 4 is 12.4 Å². The zero-order valence-corrected chi connectivity index (χ0v) is 13.7. The predicted octanol–water partition coefficient (Wildman–Crippen LogP) is 2.92. The first kappa shape index (κ1) is 19.2. The van der Waals surface area contributed by atoms with Crippen LogP contribution in [0.15, 0.2) is 42.5 Å². The van der Waals surface area contributed by atoms with Crippen LogP contribution in [0.5, 0.6) is 11.5 Å². The molecule has 2 aromatic rings. The summed E-state index contributed by atoms with van der Waals surface area (Å²) in [5.74, 6) is 1.02. The minimum absolute atomic E-state index is 0. The Morgan fingerprint density at radius 1 is 1.04 bits per heavy atom. The minimum atomic E-state index is -0.263. The molecule has 2 rings (SSSR count). The first-order valence-electron chi connectivity index (χ1n) is 7.08. The number of hydrogen-bond acceptors (Lipinski definition) is 4. The van der Waals surface area contributed by atoms with E-state index in [9.17, 15) is 4.39 Å². The summed E-state index contributed by atoms with van der Waals surface area (Å²) in [4.78, 5) is 0. The molecule has 0 aromatic heterocycles. The van der Waals surface area contributed by atoms with E-state index in [1.807, 2.05) is 18.2 Å². The fourth-order valence-corrected chi connectivity index (χ4v) is 1.99. The second-order valence-corrected chi connectivity index (χ2v) is 4.80. The van der Waals surface area contributed by atoms with Crippen LogP contribution in [-0.4, -0.2) is 25.4 Å². The second-order valence-electron chi connectivity index (χ2n) is 4.80. The van der Waals surface area contributed by atoms with E-state index < -0.39 is 0 Å². The van der Waals surface area contributed by atoms with Gasteiger partial charge in [-0.15, -0.1) is 12.4 Å². The van der Waals surface area contributed by atoms with Crippen molar-refractivity contribution in [3.8, 4) is 11.5 Å². The number of aliphatic hydroxyl groups is 1. The zero-order chi connectivity index (χ0) is 15.8. The van der Waals surface area contributed by atoms with E-state index in [0.29, 0.717) is 31.2 Å². The van der Waals surface area contributed by atoms with Gasteiger partial charge in [0.1, 0.15) is 12.4 Å². The highest BCUT2D eigenvalue weighted by atomic mass is 35.5. The molecule has 0 bridgehead atoms. The largest absolute Gasteiger partial charge is 0.493 e. The van der Waals surface area contributed by atoms with E-state index in [4.69, 9.17) is 14.6 Å². The number of methoxy groups -OCH3 is 1. The lowest BCUT2D eigenvalue weighted by Crippen LogP contribution is -2.17. The average Bonchev–Trinajstić information content (AvgIpc) is 2.55. The SMILES string of the molecule is COc1cc(CNCCO)ccc1OCc1ccc(F)cc1.Cl. The summed E-state index contributed by atoms with van der Waals surface area (Å²) >= 11 is 0. The first-order chi connectivity index (χ1) is 10.7. The van der Waals surface area contributed by atoms with Crippen LogP contribution in [0.2, 0.25) is 0 Å². The van der Waals surface area contributed by atoms with Crippen LogP contribution in [0.25, 0.3) is 0 Å². The smallest absolute Gasteiger partial charge is 0.161 e. The number of hydrogen-bond donors (Lipinski definition) is 2. The van der Waals surface area contributed by atoms with E-state index in [-0.39, 0.29) is 24.8 Å². The Morgan fingerprint density at radius 3 is 2.39 bits per heavy atom. The number of benzene rings is 2. The number of rotatable bonds is 8. The third-order valence-corrected chi connectivity index (χ3v) is 3.15. The summed E-state index contributed by atoms with van der Waals surface area (Å²) < 4.78 is 23.9. The molecular formula is C17H21ClFNO3. The van der Waals surface area contributed by atoms with Gasteiger partial charge in [0, 0.05) is 13.1 Å². The quantitative estimate of drug-likeness (QED) is 0.725. The molecule has 126 valence electrons. The van der Waals surface area contributed by atoms with Crippen molar-refractivity contribution in [3.05, 3.63) is 59.4 Å². The van der Waals surface area contributed by atoms with Crippen molar-refractivity contribution < 1.29 is 19.0 Å². The Morgan fingerprint density at radius 2 is 1.74 bits per heavy atom. The molecule has 0 saturated heterocycles. The molecule has 0 atom stereocenters. The summed E-state index contributed by atoms with van der Waals surface area (Å²) in [7, 11) is 1.59.